The van der Waals surface area contributed by atoms with E-state index in [1.54, 1.807) is 9.80 Å². The van der Waals surface area contributed by atoms with Crippen molar-refractivity contribution in [1.82, 2.24) is 9.80 Å². The molecule has 2 rings (SSSR count). The lowest BCUT2D eigenvalue weighted by Gasteiger charge is -2.43. The topological polar surface area (TPSA) is 85.1 Å². The normalized spacial score (nSPS) is 26.2. The Morgan fingerprint density at radius 3 is 2.81 bits per heavy atom. The zero-order valence-corrected chi connectivity index (χ0v) is 13.1. The molecular formula is C14H25N3O4. The Morgan fingerprint density at radius 2 is 2.19 bits per heavy atom. The molecule has 2 amide bonds. The lowest BCUT2D eigenvalue weighted by molar-refractivity contribution is 0.000562. The summed E-state index contributed by atoms with van der Waals surface area (Å²) >= 11 is 0. The molecule has 7 nitrogen and oxygen atoms in total. The van der Waals surface area contributed by atoms with Crippen LogP contribution in [-0.4, -0.2) is 65.9 Å². The first-order valence-electron chi connectivity index (χ1n) is 7.40. The van der Waals surface area contributed by atoms with Crippen LogP contribution in [-0.2, 0) is 9.47 Å². The van der Waals surface area contributed by atoms with Crippen molar-refractivity contribution < 1.29 is 19.1 Å². The number of hydrogen-bond acceptors (Lipinski definition) is 5. The molecule has 0 aromatic rings. The molecule has 2 N–H and O–H groups in total. The minimum absolute atomic E-state index is 0.311. The van der Waals surface area contributed by atoms with Crippen molar-refractivity contribution >= 4 is 12.2 Å². The van der Waals surface area contributed by atoms with E-state index in [0.29, 0.717) is 32.8 Å². The van der Waals surface area contributed by atoms with Crippen LogP contribution in [0.1, 0.15) is 33.6 Å². The highest BCUT2D eigenvalue weighted by Crippen LogP contribution is 2.33. The van der Waals surface area contributed by atoms with Crippen molar-refractivity contribution in [3.8, 4) is 0 Å². The van der Waals surface area contributed by atoms with Crippen LogP contribution in [0.15, 0.2) is 0 Å². The Morgan fingerprint density at radius 1 is 1.48 bits per heavy atom. The second-order valence-electron chi connectivity index (χ2n) is 6.72. The summed E-state index contributed by atoms with van der Waals surface area (Å²) in [6, 6.07) is 0. The van der Waals surface area contributed by atoms with E-state index in [-0.39, 0.29) is 12.2 Å². The smallest absolute Gasteiger partial charge is 0.410 e. The van der Waals surface area contributed by atoms with Crippen molar-refractivity contribution in [1.29, 1.82) is 0 Å². The summed E-state index contributed by atoms with van der Waals surface area (Å²) in [5.74, 6) is 0. The van der Waals surface area contributed by atoms with Crippen LogP contribution in [0, 0.1) is 0 Å². The Labute approximate surface area is 125 Å². The van der Waals surface area contributed by atoms with Crippen LogP contribution >= 0.6 is 0 Å². The molecule has 2 aliphatic rings. The summed E-state index contributed by atoms with van der Waals surface area (Å²) in [5, 5.41) is 0. The van der Waals surface area contributed by atoms with E-state index >= 15 is 0 Å². The fourth-order valence-electron chi connectivity index (χ4n) is 2.94. The number of amides is 2. The fraction of sp³-hybridized carbons (Fsp3) is 0.857. The molecule has 2 aliphatic heterocycles. The van der Waals surface area contributed by atoms with Gasteiger partial charge in [-0.1, -0.05) is 0 Å². The van der Waals surface area contributed by atoms with Gasteiger partial charge in [-0.15, -0.1) is 0 Å². The van der Waals surface area contributed by atoms with E-state index in [4.69, 9.17) is 15.2 Å². The Bertz CT molecular complexity index is 421. The van der Waals surface area contributed by atoms with E-state index in [1.165, 1.54) is 0 Å². The molecule has 1 atom stereocenters. The number of cyclic esters (lactones) is 1. The molecule has 1 unspecified atom stereocenters. The lowest BCUT2D eigenvalue weighted by Crippen LogP contribution is -2.60. The van der Waals surface area contributed by atoms with Crippen molar-refractivity contribution in [2.75, 3.05) is 32.8 Å². The molecule has 0 aromatic heterocycles. The average molecular weight is 299 g/mol. The maximum atomic E-state index is 12.2. The second kappa shape index (κ2) is 5.71. The Hall–Kier alpha value is -1.50. The van der Waals surface area contributed by atoms with Gasteiger partial charge in [0.15, 0.2) is 0 Å². The number of carbonyl (C=O) groups excluding carboxylic acids is 2. The number of ether oxygens (including phenoxy) is 2. The molecule has 0 radical (unpaired) electrons. The minimum Gasteiger partial charge on any atom is -0.447 e. The van der Waals surface area contributed by atoms with E-state index in [2.05, 4.69) is 0 Å². The summed E-state index contributed by atoms with van der Waals surface area (Å²) in [5.41, 5.74) is 4.60. The van der Waals surface area contributed by atoms with Gasteiger partial charge < -0.3 is 20.1 Å². The quantitative estimate of drug-likeness (QED) is 0.827. The third-order valence-electron chi connectivity index (χ3n) is 3.82. The molecule has 0 bridgehead atoms. The molecule has 2 saturated heterocycles. The maximum absolute atomic E-state index is 12.2. The van der Waals surface area contributed by atoms with Gasteiger partial charge in [-0.05, 0) is 33.6 Å². The highest BCUT2D eigenvalue weighted by Gasteiger charge is 2.50. The maximum Gasteiger partial charge on any atom is 0.410 e. The molecule has 0 aromatic carbocycles. The molecule has 1 spiro atoms. The summed E-state index contributed by atoms with van der Waals surface area (Å²) in [6.07, 6.45) is 0.953. The molecule has 0 saturated carbocycles. The number of hydrogen-bond donors (Lipinski definition) is 1. The van der Waals surface area contributed by atoms with E-state index in [0.717, 1.165) is 12.8 Å². The second-order valence-corrected chi connectivity index (χ2v) is 6.72. The van der Waals surface area contributed by atoms with Gasteiger partial charge in [-0.25, -0.2) is 9.59 Å². The van der Waals surface area contributed by atoms with Crippen LogP contribution < -0.4 is 5.73 Å². The van der Waals surface area contributed by atoms with Gasteiger partial charge in [0.05, 0.1) is 12.1 Å². The first-order chi connectivity index (χ1) is 9.77. The number of nitrogens with zero attached hydrogens (tertiary/aromatic N) is 2. The first kappa shape index (κ1) is 15.9. The van der Waals surface area contributed by atoms with E-state index in [9.17, 15) is 9.59 Å². The van der Waals surface area contributed by atoms with Gasteiger partial charge >= 0.3 is 12.2 Å². The van der Waals surface area contributed by atoms with Crippen LogP contribution in [0.4, 0.5) is 9.59 Å². The Balaban J connectivity index is 2.09. The zero-order valence-electron chi connectivity index (χ0n) is 13.1. The van der Waals surface area contributed by atoms with E-state index in [1.807, 2.05) is 20.8 Å². The predicted octanol–water partition coefficient (Wildman–Crippen LogP) is 1.17. The Kier molecular flexibility index (Phi) is 4.32. The fourth-order valence-corrected chi connectivity index (χ4v) is 2.94. The third kappa shape index (κ3) is 3.40. The van der Waals surface area contributed by atoms with Crippen molar-refractivity contribution in [3.05, 3.63) is 0 Å². The lowest BCUT2D eigenvalue weighted by atomic mass is 9.89. The summed E-state index contributed by atoms with van der Waals surface area (Å²) in [7, 11) is 0. The minimum atomic E-state index is -0.527. The van der Waals surface area contributed by atoms with Crippen molar-refractivity contribution in [2.45, 2.75) is 44.8 Å². The SMILES string of the molecule is CC(C)(C)OC(=O)N1CCCC2(COC(=O)N2CCN)C1. The predicted molar refractivity (Wildman–Crippen MR) is 76.9 cm³/mol. The van der Waals surface area contributed by atoms with Crippen LogP contribution in [0.3, 0.4) is 0 Å². The van der Waals surface area contributed by atoms with Gasteiger partial charge in [0.1, 0.15) is 12.2 Å². The first-order valence-corrected chi connectivity index (χ1v) is 7.40. The standard InChI is InChI=1S/C14H25N3O4/c1-13(2,3)21-11(18)16-7-4-5-14(9-16)10-20-12(19)17(14)8-6-15/h4-10,15H2,1-3H3. The highest BCUT2D eigenvalue weighted by molar-refractivity contribution is 5.72. The molecule has 2 heterocycles. The number of likely N-dealkylation sites (tertiary alicyclic amines) is 1. The van der Waals surface area contributed by atoms with Gasteiger partial charge in [0, 0.05) is 19.6 Å². The van der Waals surface area contributed by atoms with Crippen molar-refractivity contribution in [3.63, 3.8) is 0 Å². The highest BCUT2D eigenvalue weighted by atomic mass is 16.6. The van der Waals surface area contributed by atoms with Crippen molar-refractivity contribution in [2.24, 2.45) is 5.73 Å². The van der Waals surface area contributed by atoms with Gasteiger partial charge in [-0.3, -0.25) is 4.90 Å². The number of rotatable bonds is 2. The number of nitrogens with two attached hydrogens (primary N) is 1. The molecule has 7 heteroatoms. The zero-order chi connectivity index (χ0) is 15.7. The van der Waals surface area contributed by atoms with Crippen LogP contribution in [0.25, 0.3) is 0 Å². The average Bonchev–Trinajstić information content (AvgIpc) is 2.67. The molecule has 120 valence electrons. The van der Waals surface area contributed by atoms with Crippen LogP contribution in [0.5, 0.6) is 0 Å². The molecule has 21 heavy (non-hydrogen) atoms. The number of carbonyl (C=O) groups is 2. The monoisotopic (exact) mass is 299 g/mol. The number of piperidine rings is 1. The van der Waals surface area contributed by atoms with Gasteiger partial charge in [0.25, 0.3) is 0 Å². The molecule has 2 fully saturated rings. The van der Waals surface area contributed by atoms with Crippen LogP contribution in [0.2, 0.25) is 0 Å². The summed E-state index contributed by atoms with van der Waals surface area (Å²) in [6.45, 7) is 7.74. The van der Waals surface area contributed by atoms with Gasteiger partial charge in [-0.2, -0.15) is 0 Å². The molecular weight excluding hydrogens is 274 g/mol. The van der Waals surface area contributed by atoms with E-state index < -0.39 is 11.1 Å². The summed E-state index contributed by atoms with van der Waals surface area (Å²) in [4.78, 5) is 27.4. The van der Waals surface area contributed by atoms with Gasteiger partial charge in [0.2, 0.25) is 0 Å². The largest absolute Gasteiger partial charge is 0.447 e. The summed E-state index contributed by atoms with van der Waals surface area (Å²) < 4.78 is 10.6. The molecule has 0 aliphatic carbocycles. The third-order valence-corrected chi connectivity index (χ3v) is 3.82.